The van der Waals surface area contributed by atoms with Gasteiger partial charge >= 0.3 is 43.6 Å². The van der Waals surface area contributed by atoms with Crippen LogP contribution in [-0.2, 0) is 0 Å². The fourth-order valence-electron chi connectivity index (χ4n) is 0.640. The van der Waals surface area contributed by atoms with Gasteiger partial charge in [0.25, 0.3) is 0 Å². The minimum absolute atomic E-state index is 0.622. The molecule has 2 radical (unpaired) electrons. The van der Waals surface area contributed by atoms with E-state index in [0.717, 1.165) is 0 Å². The Morgan fingerprint density at radius 3 is 2.00 bits per heavy atom. The molecule has 0 atom stereocenters. The third kappa shape index (κ3) is 11.6. The first-order valence-electron chi connectivity index (χ1n) is 4.91. The van der Waals surface area contributed by atoms with Crippen molar-refractivity contribution in [3.05, 3.63) is 0 Å². The maximum atomic E-state index is 5.08. The molecule has 0 aromatic heterocycles. The molecule has 0 rings (SSSR count). The van der Waals surface area contributed by atoms with Gasteiger partial charge in [0.1, 0.15) is 0 Å². The van der Waals surface area contributed by atoms with Gasteiger partial charge < -0.3 is 5.23 Å². The van der Waals surface area contributed by atoms with Crippen LogP contribution >= 0.6 is 0 Å². The molecule has 0 aliphatic rings. The molecule has 0 spiro atoms. The van der Waals surface area contributed by atoms with Gasteiger partial charge in [-0.15, -0.1) is 0 Å². The van der Waals surface area contributed by atoms with Gasteiger partial charge in [0, 0.05) is 21.1 Å². The molecular weight excluding hydrogens is 204 g/mol. The van der Waals surface area contributed by atoms with Crippen molar-refractivity contribution in [2.45, 2.75) is 0 Å². The molecule has 0 amide bonds. The van der Waals surface area contributed by atoms with Crippen molar-refractivity contribution >= 4 is 15.2 Å². The summed E-state index contributed by atoms with van der Waals surface area (Å²) in [5.41, 5.74) is 5.76. The molecule has 0 saturated heterocycles. The van der Waals surface area contributed by atoms with Gasteiger partial charge in [-0.1, -0.05) is 0 Å². The van der Waals surface area contributed by atoms with E-state index < -0.39 is 0 Å². The average molecular weight is 227 g/mol. The molecule has 92 valence electrons. The summed E-state index contributed by atoms with van der Waals surface area (Å²) >= 11 is 0. The van der Waals surface area contributed by atoms with Gasteiger partial charge in [-0.2, -0.15) is 5.12 Å². The summed E-state index contributed by atoms with van der Waals surface area (Å²) < 4.78 is 0. The predicted molar refractivity (Wildman–Crippen MR) is 69.3 cm³/mol. The summed E-state index contributed by atoms with van der Waals surface area (Å²) in [6.45, 7) is 0.622. The SMILES string of the molecule is CN=BN(C)NC.[B]NCN(C)N(C)NC. The van der Waals surface area contributed by atoms with Crippen LogP contribution in [0.2, 0.25) is 0 Å². The fraction of sp³-hybridized carbons (Fsp3) is 1.00. The molecule has 0 aromatic rings. The van der Waals surface area contributed by atoms with Crippen molar-refractivity contribution in [1.82, 2.24) is 31.1 Å². The smallest absolute Gasteiger partial charge is 0.179 e. The first kappa shape index (κ1) is 17.9. The zero-order valence-corrected chi connectivity index (χ0v) is 11.2. The standard InChI is InChI=1S/C4H13BN4.C3H10BN3/c1-6-9(3)8(2)4-7-5;1-5-4-7(3)6-2/h6-7H,4H2,1-3H3;6H,1-3H3. The van der Waals surface area contributed by atoms with Gasteiger partial charge in [0.2, 0.25) is 0 Å². The number of hydrazine groups is 3. The van der Waals surface area contributed by atoms with E-state index in [-0.39, 0.29) is 0 Å². The number of nitrogens with one attached hydrogen (secondary N) is 3. The number of hydrogen-bond donors (Lipinski definition) is 3. The summed E-state index contributed by atoms with van der Waals surface area (Å²) in [6.07, 6.45) is 0. The zero-order chi connectivity index (χ0) is 13.0. The quantitative estimate of drug-likeness (QED) is 0.277. The van der Waals surface area contributed by atoms with E-state index in [9.17, 15) is 0 Å². The summed E-state index contributed by atoms with van der Waals surface area (Å²) in [4.78, 5) is 5.51. The van der Waals surface area contributed by atoms with Crippen LogP contribution in [0.4, 0.5) is 0 Å². The first-order chi connectivity index (χ1) is 7.53. The second-order valence-corrected chi connectivity index (χ2v) is 2.98. The summed E-state index contributed by atoms with van der Waals surface area (Å²) in [6, 6.07) is 0. The normalized spacial score (nSPS) is 10.2. The Hall–Kier alpha value is -0.470. The van der Waals surface area contributed by atoms with Crippen molar-refractivity contribution in [3.63, 3.8) is 0 Å². The number of rotatable bonds is 6. The summed E-state index contributed by atoms with van der Waals surface area (Å²) in [5.74, 6) is 0. The third-order valence-electron chi connectivity index (χ3n) is 1.80. The van der Waals surface area contributed by atoms with Gasteiger partial charge in [-0.3, -0.25) is 0 Å². The fourth-order valence-corrected chi connectivity index (χ4v) is 0.640. The van der Waals surface area contributed by atoms with Crippen LogP contribution in [0, 0.1) is 0 Å². The molecule has 0 saturated carbocycles. The number of nitrogens with zero attached hydrogens (tertiary/aromatic N) is 4. The minimum Gasteiger partial charge on any atom is -0.354 e. The number of hydrogen-bond acceptors (Lipinski definition) is 6. The van der Waals surface area contributed by atoms with Crippen LogP contribution in [-0.4, -0.2) is 79.2 Å². The van der Waals surface area contributed by atoms with Crippen molar-refractivity contribution in [2.75, 3.05) is 49.0 Å². The van der Waals surface area contributed by atoms with Gasteiger partial charge in [-0.05, 0) is 0 Å². The predicted octanol–water partition coefficient (Wildman–Crippen LogP) is -1.98. The molecule has 0 fully saturated rings. The molecule has 0 bridgehead atoms. The molecule has 9 heteroatoms. The van der Waals surface area contributed by atoms with Crippen molar-refractivity contribution < 1.29 is 0 Å². The zero-order valence-electron chi connectivity index (χ0n) is 11.2. The maximum Gasteiger partial charge on any atom is 0.179 e. The van der Waals surface area contributed by atoms with Crippen molar-refractivity contribution in [2.24, 2.45) is 4.90 Å². The van der Waals surface area contributed by atoms with E-state index in [0.29, 0.717) is 6.67 Å². The van der Waals surface area contributed by atoms with Crippen LogP contribution in [0.15, 0.2) is 4.90 Å². The van der Waals surface area contributed by atoms with Crippen LogP contribution in [0.25, 0.3) is 0 Å². The Morgan fingerprint density at radius 2 is 1.75 bits per heavy atom. The molecule has 0 unspecified atom stereocenters. The molecule has 3 N–H and O–H groups in total. The van der Waals surface area contributed by atoms with Crippen LogP contribution in [0.5, 0.6) is 0 Å². The summed E-state index contributed by atoms with van der Waals surface area (Å²) in [7, 11) is 17.9. The molecule has 7 nitrogen and oxygen atoms in total. The largest absolute Gasteiger partial charge is 0.354 e. The van der Waals surface area contributed by atoms with Crippen LogP contribution in [0.1, 0.15) is 0 Å². The average Bonchev–Trinajstić information content (AvgIpc) is 2.29. The second kappa shape index (κ2) is 12.6. The van der Waals surface area contributed by atoms with E-state index in [4.69, 9.17) is 7.98 Å². The van der Waals surface area contributed by atoms with E-state index in [1.807, 2.05) is 45.4 Å². The van der Waals surface area contributed by atoms with Crippen LogP contribution < -0.4 is 16.1 Å². The van der Waals surface area contributed by atoms with E-state index >= 15 is 0 Å². The van der Waals surface area contributed by atoms with Crippen molar-refractivity contribution in [1.29, 1.82) is 0 Å². The van der Waals surface area contributed by atoms with Gasteiger partial charge in [-0.25, -0.2) is 10.4 Å². The third-order valence-corrected chi connectivity index (χ3v) is 1.80. The Kier molecular flexibility index (Phi) is 14.1. The molecule has 0 heterocycles. The van der Waals surface area contributed by atoms with E-state index in [1.165, 1.54) is 0 Å². The van der Waals surface area contributed by atoms with E-state index in [2.05, 4.69) is 21.0 Å². The Bertz CT molecular complexity index is 169. The Morgan fingerprint density at radius 1 is 1.19 bits per heavy atom. The monoisotopic (exact) mass is 227 g/mol. The molecule has 0 aliphatic carbocycles. The molecule has 0 aromatic carbocycles. The molecule has 16 heavy (non-hydrogen) atoms. The summed E-state index contributed by atoms with van der Waals surface area (Å²) in [5, 5.41) is 6.24. The molecule has 0 aliphatic heterocycles. The minimum atomic E-state index is 0.622. The van der Waals surface area contributed by atoms with Crippen LogP contribution in [0.3, 0.4) is 0 Å². The maximum absolute atomic E-state index is 5.08. The van der Waals surface area contributed by atoms with Crippen molar-refractivity contribution in [3.8, 4) is 0 Å². The Labute approximate surface area is 101 Å². The Balaban J connectivity index is 0. The molecular formula is C7H23B2N7. The van der Waals surface area contributed by atoms with Gasteiger partial charge in [0.15, 0.2) is 7.98 Å². The van der Waals surface area contributed by atoms with E-state index in [1.54, 1.807) is 19.2 Å². The second-order valence-electron chi connectivity index (χ2n) is 2.98. The first-order valence-corrected chi connectivity index (χ1v) is 4.91. The topological polar surface area (TPSA) is 58.2 Å². The van der Waals surface area contributed by atoms with Gasteiger partial charge in [0.05, 0.1) is 6.67 Å².